The Balaban J connectivity index is 0.000000171. The summed E-state index contributed by atoms with van der Waals surface area (Å²) in [4.78, 5) is 50.7. The zero-order chi connectivity index (χ0) is 42.5. The number of nitrogens with zero attached hydrogens (tertiary/aromatic N) is 8. The van der Waals surface area contributed by atoms with Gasteiger partial charge in [-0.2, -0.15) is 0 Å². The number of aromatic nitrogens is 4. The van der Waals surface area contributed by atoms with Crippen molar-refractivity contribution in [2.75, 3.05) is 77.7 Å². The fourth-order valence-corrected chi connectivity index (χ4v) is 8.29. The van der Waals surface area contributed by atoms with Crippen LogP contribution in [-0.2, 0) is 13.1 Å². The molecule has 0 radical (unpaired) electrons. The number of nitrogens with one attached hydrogen (secondary N) is 2. The number of amides is 1. The molecule has 6 aromatic rings. The molecule has 0 spiro atoms. The molecule has 6 heterocycles. The minimum absolute atomic E-state index is 0.0181. The molecule has 0 bridgehead atoms. The summed E-state index contributed by atoms with van der Waals surface area (Å²) in [6.07, 6.45) is 8.44. The van der Waals surface area contributed by atoms with E-state index in [2.05, 4.69) is 45.3 Å². The van der Waals surface area contributed by atoms with Gasteiger partial charge in [-0.1, -0.05) is 64.6 Å². The molecule has 17 heteroatoms. The zero-order valence-corrected chi connectivity index (χ0v) is 35.8. The fourth-order valence-electron chi connectivity index (χ4n) is 7.55. The maximum atomic E-state index is 13.3. The van der Waals surface area contributed by atoms with E-state index in [9.17, 15) is 14.7 Å². The summed E-state index contributed by atoms with van der Waals surface area (Å²) >= 11 is 25.0. The van der Waals surface area contributed by atoms with E-state index in [4.69, 9.17) is 46.4 Å². The smallest absolute Gasteiger partial charge is 0.336 e. The van der Waals surface area contributed by atoms with Gasteiger partial charge in [-0.3, -0.25) is 9.78 Å². The van der Waals surface area contributed by atoms with Crippen LogP contribution in [0.15, 0.2) is 104 Å². The molecule has 0 aliphatic carbocycles. The van der Waals surface area contributed by atoms with Crippen LogP contribution in [0.1, 0.15) is 31.8 Å². The van der Waals surface area contributed by atoms with Crippen LogP contribution in [0.2, 0.25) is 20.1 Å². The number of hydrogen-bond acceptors (Lipinski definition) is 11. The highest BCUT2D eigenvalue weighted by Crippen LogP contribution is 2.36. The predicted octanol–water partition coefficient (Wildman–Crippen LogP) is 8.76. The zero-order valence-electron chi connectivity index (χ0n) is 32.7. The van der Waals surface area contributed by atoms with Crippen LogP contribution in [0.25, 0.3) is 11.1 Å². The third kappa shape index (κ3) is 9.71. The van der Waals surface area contributed by atoms with Gasteiger partial charge in [0.05, 0.1) is 28.7 Å². The third-order valence-electron chi connectivity index (χ3n) is 10.7. The van der Waals surface area contributed by atoms with E-state index < -0.39 is 5.97 Å². The van der Waals surface area contributed by atoms with E-state index in [0.29, 0.717) is 70.5 Å². The molecular weight excluding hydrogens is 858 g/mol. The van der Waals surface area contributed by atoms with Gasteiger partial charge < -0.3 is 35.3 Å². The van der Waals surface area contributed by atoms with Crippen LogP contribution in [-0.4, -0.2) is 94.2 Å². The molecule has 3 aliphatic rings. The summed E-state index contributed by atoms with van der Waals surface area (Å²) in [6.45, 7) is 6.88. The number of piperazine rings is 1. The highest BCUT2D eigenvalue weighted by atomic mass is 35.5. The topological polar surface area (TPSA) is 143 Å². The van der Waals surface area contributed by atoms with E-state index in [1.54, 1.807) is 73.4 Å². The van der Waals surface area contributed by atoms with Crippen LogP contribution in [0.4, 0.5) is 28.8 Å². The van der Waals surface area contributed by atoms with Gasteiger partial charge in [-0.05, 0) is 71.3 Å². The highest BCUT2D eigenvalue weighted by Gasteiger charge is 2.27. The number of anilines is 5. The Hall–Kier alpha value is -5.86. The summed E-state index contributed by atoms with van der Waals surface area (Å²) < 4.78 is 0. The molecule has 3 aliphatic heterocycles. The molecule has 1 fully saturated rings. The largest absolute Gasteiger partial charge is 0.478 e. The quantitative estimate of drug-likeness (QED) is 0.134. The van der Waals surface area contributed by atoms with Crippen molar-refractivity contribution < 1.29 is 14.7 Å². The second kappa shape index (κ2) is 18.8. The minimum atomic E-state index is -0.964. The predicted molar refractivity (Wildman–Crippen MR) is 243 cm³/mol. The lowest BCUT2D eigenvalue weighted by atomic mass is 10.0. The fraction of sp³-hybridized carbons (Fsp3) is 0.227. The van der Waals surface area contributed by atoms with Crippen LogP contribution in [0.3, 0.4) is 0 Å². The Morgan fingerprint density at radius 3 is 1.87 bits per heavy atom. The van der Waals surface area contributed by atoms with Crippen LogP contribution >= 0.6 is 46.4 Å². The molecule has 0 unspecified atom stereocenters. The Morgan fingerprint density at radius 2 is 1.26 bits per heavy atom. The van der Waals surface area contributed by atoms with E-state index in [0.717, 1.165) is 71.7 Å². The maximum Gasteiger partial charge on any atom is 0.336 e. The number of carboxylic acids is 1. The van der Waals surface area contributed by atoms with E-state index >= 15 is 0 Å². The van der Waals surface area contributed by atoms with Gasteiger partial charge in [-0.25, -0.2) is 19.7 Å². The number of carbonyl (C=O) groups excluding carboxylic acids is 1. The first-order valence-corrected chi connectivity index (χ1v) is 21.1. The summed E-state index contributed by atoms with van der Waals surface area (Å²) in [5, 5.41) is 18.7. The van der Waals surface area contributed by atoms with Crippen molar-refractivity contribution >= 4 is 87.1 Å². The van der Waals surface area contributed by atoms with Gasteiger partial charge in [0.25, 0.3) is 5.91 Å². The van der Waals surface area contributed by atoms with E-state index in [-0.39, 0.29) is 11.5 Å². The third-order valence-corrected chi connectivity index (χ3v) is 11.9. The Morgan fingerprint density at radius 1 is 0.656 bits per heavy atom. The normalized spacial score (nSPS) is 14.5. The molecule has 13 nitrogen and oxygen atoms in total. The second-order valence-electron chi connectivity index (χ2n) is 14.5. The average molecular weight is 899 g/mol. The first kappa shape index (κ1) is 41.9. The summed E-state index contributed by atoms with van der Waals surface area (Å²) in [5.41, 5.74) is 5.87. The lowest BCUT2D eigenvalue weighted by Gasteiger charge is -2.36. The number of carbonyl (C=O) groups is 2. The number of hydrogen-bond donors (Lipinski definition) is 3. The molecule has 1 amide bonds. The molecule has 61 heavy (non-hydrogen) atoms. The van der Waals surface area contributed by atoms with Crippen molar-refractivity contribution in [3.05, 3.63) is 146 Å². The van der Waals surface area contributed by atoms with Crippen molar-refractivity contribution in [2.45, 2.75) is 13.1 Å². The number of benzene rings is 3. The SMILES string of the molecule is O=C(O)c1ccccc1-c1cnc2c(c1)N(Cc1cc(Cl)ccc1Cl)CCN2.O=C(c1cnc2c(c1)N(Cc1cc(Cl)ccc1Cl)CCN2)N1CCN(c2cnccn2)CC1. The van der Waals surface area contributed by atoms with Crippen molar-refractivity contribution in [1.82, 2.24) is 24.8 Å². The summed E-state index contributed by atoms with van der Waals surface area (Å²) in [7, 11) is 0. The van der Waals surface area contributed by atoms with Crippen LogP contribution in [0.5, 0.6) is 0 Å². The minimum Gasteiger partial charge on any atom is -0.478 e. The standard InChI is InChI=1S/C23H23Cl2N7O.C21H17Cl2N3O2/c24-18-1-2-19(25)17(11-18)15-32-6-5-28-22-20(32)12-16(13-29-22)23(33)31-9-7-30(8-10-31)21-14-26-3-4-27-21;22-15-5-6-18(23)14(9-15)12-26-8-7-24-20-19(26)10-13(11-25-20)16-3-1-2-4-17(16)21(27)28/h1-4,11-14H,5-10,15H2,(H,28,29);1-6,9-11H,7-8,12H2,(H,24,25)(H,27,28). The van der Waals surface area contributed by atoms with Gasteiger partial charge in [0.1, 0.15) is 17.5 Å². The van der Waals surface area contributed by atoms with E-state index in [1.807, 2.05) is 35.2 Å². The summed E-state index contributed by atoms with van der Waals surface area (Å²) in [5.74, 6) is 1.38. The van der Waals surface area contributed by atoms with Crippen molar-refractivity contribution in [1.29, 1.82) is 0 Å². The molecule has 3 aromatic carbocycles. The number of rotatable bonds is 8. The monoisotopic (exact) mass is 896 g/mol. The van der Waals surface area contributed by atoms with Crippen LogP contribution in [0, 0.1) is 0 Å². The van der Waals surface area contributed by atoms with E-state index in [1.165, 1.54) is 0 Å². The molecule has 1 saturated heterocycles. The molecule has 3 N–H and O–H groups in total. The number of pyridine rings is 2. The number of halogens is 4. The first-order valence-electron chi connectivity index (χ1n) is 19.6. The Kier molecular flexibility index (Phi) is 12.9. The lowest BCUT2D eigenvalue weighted by molar-refractivity contribution is 0.0696. The summed E-state index contributed by atoms with van der Waals surface area (Å²) in [6, 6.07) is 21.7. The first-order chi connectivity index (χ1) is 29.6. The van der Waals surface area contributed by atoms with Gasteiger partial charge in [0.15, 0.2) is 0 Å². The van der Waals surface area contributed by atoms with Gasteiger partial charge in [0, 0.05) is 116 Å². The van der Waals surface area contributed by atoms with Gasteiger partial charge in [-0.15, -0.1) is 0 Å². The number of fused-ring (bicyclic) bond motifs is 2. The molecule has 3 aromatic heterocycles. The molecule has 9 rings (SSSR count). The van der Waals surface area contributed by atoms with Crippen LogP contribution < -0.4 is 25.3 Å². The molecule has 312 valence electrons. The van der Waals surface area contributed by atoms with Crippen molar-refractivity contribution in [3.63, 3.8) is 0 Å². The Bertz CT molecular complexity index is 2560. The average Bonchev–Trinajstić information content (AvgIpc) is 3.29. The van der Waals surface area contributed by atoms with Crippen molar-refractivity contribution in [2.24, 2.45) is 0 Å². The van der Waals surface area contributed by atoms with Gasteiger partial charge >= 0.3 is 5.97 Å². The molecule has 0 saturated carbocycles. The Labute approximate surface area is 372 Å². The molecule has 0 atom stereocenters. The number of carboxylic acid groups (broad SMARTS) is 1. The highest BCUT2D eigenvalue weighted by molar-refractivity contribution is 6.34. The molecular formula is C44H40Cl4N10O3. The second-order valence-corrected chi connectivity index (χ2v) is 16.2. The lowest BCUT2D eigenvalue weighted by Crippen LogP contribution is -2.49. The van der Waals surface area contributed by atoms with Crippen molar-refractivity contribution in [3.8, 4) is 11.1 Å². The number of aromatic carboxylic acids is 1. The maximum absolute atomic E-state index is 13.3. The van der Waals surface area contributed by atoms with Gasteiger partial charge in [0.2, 0.25) is 0 Å².